The molecular formula is C17H15ClN6. The Bertz CT molecular complexity index is 1020. The van der Waals surface area contributed by atoms with E-state index in [2.05, 4.69) is 32.5 Å². The number of aryl methyl sites for hydroxylation is 2. The molecule has 0 aliphatic rings. The molecule has 0 bridgehead atoms. The number of nitrogens with one attached hydrogen (secondary N) is 2. The lowest BCUT2D eigenvalue weighted by molar-refractivity contribution is 0.778. The minimum atomic E-state index is 0.598. The number of fused-ring (bicyclic) bond motifs is 1. The van der Waals surface area contributed by atoms with Crippen molar-refractivity contribution in [2.75, 3.05) is 5.32 Å². The Labute approximate surface area is 143 Å². The quantitative estimate of drug-likeness (QED) is 0.591. The average Bonchev–Trinajstić information content (AvgIpc) is 3.18. The molecule has 0 unspecified atom stereocenters. The van der Waals surface area contributed by atoms with Crippen LogP contribution in [0.5, 0.6) is 0 Å². The van der Waals surface area contributed by atoms with Crippen molar-refractivity contribution in [1.82, 2.24) is 25.0 Å². The van der Waals surface area contributed by atoms with Crippen molar-refractivity contribution < 1.29 is 0 Å². The molecule has 0 radical (unpaired) electrons. The van der Waals surface area contributed by atoms with Crippen molar-refractivity contribution in [3.63, 3.8) is 0 Å². The van der Waals surface area contributed by atoms with Crippen LogP contribution in [0.15, 0.2) is 42.6 Å². The van der Waals surface area contributed by atoms with Crippen LogP contribution in [0.4, 0.5) is 11.6 Å². The molecule has 0 saturated heterocycles. The second-order valence-corrected chi connectivity index (χ2v) is 6.01. The molecule has 0 spiro atoms. The third-order valence-electron chi connectivity index (χ3n) is 3.88. The van der Waals surface area contributed by atoms with Crippen molar-refractivity contribution in [2.45, 2.75) is 6.92 Å². The van der Waals surface area contributed by atoms with Crippen LogP contribution in [0.3, 0.4) is 0 Å². The summed E-state index contributed by atoms with van der Waals surface area (Å²) in [5.41, 5.74) is 3.83. The Morgan fingerprint density at radius 1 is 1.12 bits per heavy atom. The second-order valence-electron chi connectivity index (χ2n) is 5.63. The highest BCUT2D eigenvalue weighted by molar-refractivity contribution is 6.38. The van der Waals surface area contributed by atoms with Gasteiger partial charge >= 0.3 is 0 Å². The van der Waals surface area contributed by atoms with Crippen LogP contribution in [0.25, 0.3) is 22.3 Å². The number of rotatable bonds is 3. The minimum absolute atomic E-state index is 0.598. The predicted octanol–water partition coefficient (Wildman–Crippen LogP) is 4.06. The number of hydrogen-bond acceptors (Lipinski definition) is 4. The van der Waals surface area contributed by atoms with Crippen molar-refractivity contribution in [2.24, 2.45) is 7.05 Å². The molecule has 120 valence electrons. The normalized spacial score (nSPS) is 11.1. The number of anilines is 2. The summed E-state index contributed by atoms with van der Waals surface area (Å²) in [7, 11) is 1.84. The van der Waals surface area contributed by atoms with E-state index in [0.717, 1.165) is 22.2 Å². The Morgan fingerprint density at radius 2 is 1.92 bits per heavy atom. The SMILES string of the molecule is Cc1ccc(-c2nc(Nc3ccc4[nH]ncc4c3Cl)n(C)n2)cc1. The van der Waals surface area contributed by atoms with E-state index >= 15 is 0 Å². The molecule has 2 N–H and O–H groups in total. The molecule has 6 nitrogen and oxygen atoms in total. The highest BCUT2D eigenvalue weighted by atomic mass is 35.5. The molecule has 0 aliphatic carbocycles. The fourth-order valence-electron chi connectivity index (χ4n) is 2.52. The summed E-state index contributed by atoms with van der Waals surface area (Å²) in [4.78, 5) is 4.57. The standard InChI is InChI=1S/C17H15ClN6/c1-10-3-5-11(6-4-10)16-21-17(24(2)23-16)20-14-8-7-13-12(15(14)18)9-19-22-13/h3-9H,1-2H3,(H,19,22)(H,20,21,23). The molecule has 0 aliphatic heterocycles. The first-order valence-electron chi connectivity index (χ1n) is 7.48. The van der Waals surface area contributed by atoms with Crippen molar-refractivity contribution in [1.29, 1.82) is 0 Å². The third kappa shape index (κ3) is 2.51. The lowest BCUT2D eigenvalue weighted by Crippen LogP contribution is -2.00. The zero-order valence-electron chi connectivity index (χ0n) is 13.2. The first-order chi connectivity index (χ1) is 11.6. The third-order valence-corrected chi connectivity index (χ3v) is 4.28. The highest BCUT2D eigenvalue weighted by Gasteiger charge is 2.12. The number of benzene rings is 2. The van der Waals surface area contributed by atoms with Crippen LogP contribution in [-0.4, -0.2) is 25.0 Å². The van der Waals surface area contributed by atoms with Gasteiger partial charge in [0.15, 0.2) is 5.82 Å². The maximum Gasteiger partial charge on any atom is 0.225 e. The second kappa shape index (κ2) is 5.65. The summed E-state index contributed by atoms with van der Waals surface area (Å²) in [5.74, 6) is 1.29. The first kappa shape index (κ1) is 14.7. The van der Waals surface area contributed by atoms with Gasteiger partial charge in [0.25, 0.3) is 0 Å². The largest absolute Gasteiger partial charge is 0.323 e. The Balaban J connectivity index is 1.69. The summed E-state index contributed by atoms with van der Waals surface area (Å²) < 4.78 is 1.70. The maximum atomic E-state index is 6.45. The maximum absolute atomic E-state index is 6.45. The number of halogens is 1. The van der Waals surface area contributed by atoms with Crippen LogP contribution >= 0.6 is 11.6 Å². The van der Waals surface area contributed by atoms with Gasteiger partial charge in [-0.2, -0.15) is 10.1 Å². The fourth-order valence-corrected chi connectivity index (χ4v) is 2.78. The molecule has 4 aromatic rings. The van der Waals surface area contributed by atoms with Gasteiger partial charge in [-0.3, -0.25) is 5.10 Å². The summed E-state index contributed by atoms with van der Waals surface area (Å²) >= 11 is 6.45. The van der Waals surface area contributed by atoms with E-state index in [0.29, 0.717) is 16.8 Å². The fraction of sp³-hybridized carbons (Fsp3) is 0.118. The van der Waals surface area contributed by atoms with Gasteiger partial charge in [-0.05, 0) is 19.1 Å². The van der Waals surface area contributed by atoms with Crippen LogP contribution in [0.2, 0.25) is 5.02 Å². The molecule has 4 rings (SSSR count). The van der Waals surface area contributed by atoms with Crippen molar-refractivity contribution >= 4 is 34.1 Å². The number of aromatic amines is 1. The molecule has 0 atom stereocenters. The molecule has 2 aromatic carbocycles. The molecule has 24 heavy (non-hydrogen) atoms. The van der Waals surface area contributed by atoms with Gasteiger partial charge in [-0.1, -0.05) is 41.4 Å². The lowest BCUT2D eigenvalue weighted by Gasteiger charge is -2.07. The first-order valence-corrected chi connectivity index (χ1v) is 7.86. The Morgan fingerprint density at radius 3 is 2.71 bits per heavy atom. The molecule has 2 aromatic heterocycles. The van der Waals surface area contributed by atoms with E-state index < -0.39 is 0 Å². The van der Waals surface area contributed by atoms with Gasteiger partial charge in [0.05, 0.1) is 22.4 Å². The van der Waals surface area contributed by atoms with E-state index in [1.54, 1.807) is 10.9 Å². The van der Waals surface area contributed by atoms with E-state index in [4.69, 9.17) is 11.6 Å². The molecule has 0 saturated carbocycles. The molecule has 0 fully saturated rings. The van der Waals surface area contributed by atoms with Gasteiger partial charge < -0.3 is 5.32 Å². The highest BCUT2D eigenvalue weighted by Crippen LogP contribution is 2.31. The number of hydrogen-bond donors (Lipinski definition) is 2. The smallest absolute Gasteiger partial charge is 0.225 e. The zero-order valence-corrected chi connectivity index (χ0v) is 14.0. The summed E-state index contributed by atoms with van der Waals surface area (Å²) in [6, 6.07) is 11.9. The Kier molecular flexibility index (Phi) is 3.46. The van der Waals surface area contributed by atoms with Crippen LogP contribution in [0.1, 0.15) is 5.56 Å². The van der Waals surface area contributed by atoms with Gasteiger partial charge in [-0.25, -0.2) is 4.68 Å². The molecular weight excluding hydrogens is 324 g/mol. The van der Waals surface area contributed by atoms with Crippen LogP contribution in [-0.2, 0) is 7.05 Å². The predicted molar refractivity (Wildman–Crippen MR) is 95.6 cm³/mol. The van der Waals surface area contributed by atoms with Gasteiger partial charge in [0.2, 0.25) is 5.95 Å². The van der Waals surface area contributed by atoms with Crippen molar-refractivity contribution in [3.05, 3.63) is 53.2 Å². The lowest BCUT2D eigenvalue weighted by atomic mass is 10.1. The minimum Gasteiger partial charge on any atom is -0.323 e. The van der Waals surface area contributed by atoms with Crippen LogP contribution in [0, 0.1) is 6.92 Å². The molecule has 2 heterocycles. The Hall–Kier alpha value is -2.86. The van der Waals surface area contributed by atoms with Gasteiger partial charge in [0, 0.05) is 18.0 Å². The van der Waals surface area contributed by atoms with Crippen molar-refractivity contribution in [3.8, 4) is 11.4 Å². The average molecular weight is 339 g/mol. The van der Waals surface area contributed by atoms with Crippen LogP contribution < -0.4 is 5.32 Å². The molecule has 0 amide bonds. The summed E-state index contributed by atoms with van der Waals surface area (Å²) in [6.07, 6.45) is 1.71. The van der Waals surface area contributed by atoms with E-state index in [1.807, 2.05) is 43.4 Å². The zero-order chi connectivity index (χ0) is 16.7. The number of aromatic nitrogens is 5. The summed E-state index contributed by atoms with van der Waals surface area (Å²) in [6.45, 7) is 2.05. The van der Waals surface area contributed by atoms with Gasteiger partial charge in [-0.15, -0.1) is 5.10 Å². The topological polar surface area (TPSA) is 71.4 Å². The molecule has 7 heteroatoms. The van der Waals surface area contributed by atoms with Gasteiger partial charge in [0.1, 0.15) is 0 Å². The number of nitrogens with zero attached hydrogens (tertiary/aromatic N) is 4. The van der Waals surface area contributed by atoms with E-state index in [1.165, 1.54) is 5.56 Å². The van der Waals surface area contributed by atoms with E-state index in [9.17, 15) is 0 Å². The summed E-state index contributed by atoms with van der Waals surface area (Å²) in [5, 5.41) is 16.1. The number of H-pyrrole nitrogens is 1. The monoisotopic (exact) mass is 338 g/mol. The van der Waals surface area contributed by atoms with E-state index in [-0.39, 0.29) is 0 Å².